The molecule has 0 atom stereocenters. The van der Waals surface area contributed by atoms with Crippen LogP contribution in [0.2, 0.25) is 0 Å². The van der Waals surface area contributed by atoms with Crippen LogP contribution in [0.4, 0.5) is 0 Å². The van der Waals surface area contributed by atoms with Gasteiger partial charge in [-0.05, 0) is 50.3 Å². The Bertz CT molecular complexity index is 1370. The minimum Gasteiger partial charge on any atom is -0.457 e. The van der Waals surface area contributed by atoms with Crippen LogP contribution in [0, 0.1) is 0 Å². The van der Waals surface area contributed by atoms with Crippen molar-refractivity contribution >= 4 is 21.8 Å². The smallest absolute Gasteiger partial charge is 0.317 e. The molecule has 3 aromatic rings. The maximum Gasteiger partial charge on any atom is 0.317 e. The normalized spacial score (nSPS) is 18.0. The van der Waals surface area contributed by atoms with E-state index in [0.29, 0.717) is 23.1 Å². The number of sulfonamides is 1. The van der Waals surface area contributed by atoms with Crippen LogP contribution >= 0.6 is 0 Å². The number of hydrogen-bond acceptors (Lipinski definition) is 7. The molecule has 1 saturated heterocycles. The first kappa shape index (κ1) is 24.4. The summed E-state index contributed by atoms with van der Waals surface area (Å²) in [6.07, 6.45) is 4.27. The van der Waals surface area contributed by atoms with Crippen LogP contribution in [-0.2, 0) is 31.6 Å². The first-order chi connectivity index (χ1) is 17.3. The molecule has 0 amide bonds. The Hall–Kier alpha value is -3.30. The lowest BCUT2D eigenvalue weighted by molar-refractivity contribution is -0.154. The fourth-order valence-electron chi connectivity index (χ4n) is 4.68. The minimum absolute atomic E-state index is 0.0208. The standard InChI is InChI=1S/C27H28N2O6S/c1-19(30)21-6-5-9-24(16-21)36(32,33)29-14-12-27(13-15-29,22-7-3-2-4-8-22)26(31)34-18-23-17-28-25(35-23)20-10-11-20/h2-9,16-17,20H,10-15,18H2,1H3. The third kappa shape index (κ3) is 4.73. The van der Waals surface area contributed by atoms with Crippen molar-refractivity contribution in [3.63, 3.8) is 0 Å². The molecule has 0 radical (unpaired) electrons. The van der Waals surface area contributed by atoms with Gasteiger partial charge < -0.3 is 9.15 Å². The molecule has 36 heavy (non-hydrogen) atoms. The van der Waals surface area contributed by atoms with E-state index in [4.69, 9.17) is 9.15 Å². The number of carbonyl (C=O) groups is 2. The zero-order chi connectivity index (χ0) is 25.3. The van der Waals surface area contributed by atoms with E-state index >= 15 is 0 Å². The van der Waals surface area contributed by atoms with Gasteiger partial charge in [-0.25, -0.2) is 13.4 Å². The summed E-state index contributed by atoms with van der Waals surface area (Å²) < 4.78 is 39.5. The van der Waals surface area contributed by atoms with Gasteiger partial charge in [0.1, 0.15) is 0 Å². The summed E-state index contributed by atoms with van der Waals surface area (Å²) in [4.78, 5) is 29.6. The Kier molecular flexibility index (Phi) is 6.53. The summed E-state index contributed by atoms with van der Waals surface area (Å²) in [5.41, 5.74) is 0.155. The van der Waals surface area contributed by atoms with Crippen LogP contribution in [-0.4, -0.2) is 42.5 Å². The van der Waals surface area contributed by atoms with Gasteiger partial charge in [-0.15, -0.1) is 0 Å². The predicted octanol–water partition coefficient (Wildman–Crippen LogP) is 4.22. The van der Waals surface area contributed by atoms with Crippen molar-refractivity contribution in [2.45, 2.75) is 55.4 Å². The topological polar surface area (TPSA) is 107 Å². The second kappa shape index (κ2) is 9.63. The Balaban J connectivity index is 1.34. The van der Waals surface area contributed by atoms with Crippen molar-refractivity contribution in [3.05, 3.63) is 83.6 Å². The highest BCUT2D eigenvalue weighted by atomic mass is 32.2. The van der Waals surface area contributed by atoms with Gasteiger partial charge in [0.25, 0.3) is 0 Å². The number of aromatic nitrogens is 1. The van der Waals surface area contributed by atoms with E-state index in [-0.39, 0.29) is 43.2 Å². The van der Waals surface area contributed by atoms with Crippen molar-refractivity contribution < 1.29 is 27.2 Å². The van der Waals surface area contributed by atoms with E-state index in [1.807, 2.05) is 30.3 Å². The first-order valence-corrected chi connectivity index (χ1v) is 13.5. The molecular weight excluding hydrogens is 480 g/mol. The van der Waals surface area contributed by atoms with Crippen LogP contribution in [0.1, 0.15) is 66.1 Å². The van der Waals surface area contributed by atoms with Crippen LogP contribution in [0.3, 0.4) is 0 Å². The Labute approximate surface area is 210 Å². The van der Waals surface area contributed by atoms with Gasteiger partial charge in [-0.1, -0.05) is 42.5 Å². The Morgan fingerprint density at radius 3 is 2.47 bits per heavy atom. The van der Waals surface area contributed by atoms with Gasteiger partial charge in [0.05, 0.1) is 16.5 Å². The molecule has 5 rings (SSSR count). The number of piperidine rings is 1. The van der Waals surface area contributed by atoms with Crippen molar-refractivity contribution in [2.24, 2.45) is 0 Å². The molecule has 188 valence electrons. The summed E-state index contributed by atoms with van der Waals surface area (Å²) in [6, 6.07) is 15.4. The fraction of sp³-hybridized carbons (Fsp3) is 0.370. The van der Waals surface area contributed by atoms with Crippen LogP contribution in [0.15, 0.2) is 70.1 Å². The van der Waals surface area contributed by atoms with Crippen molar-refractivity contribution in [2.75, 3.05) is 13.1 Å². The largest absolute Gasteiger partial charge is 0.457 e. The number of benzene rings is 2. The number of ether oxygens (including phenoxy) is 1. The maximum atomic E-state index is 13.5. The molecule has 1 saturated carbocycles. The number of Topliss-reactive ketones (excluding diaryl/α,β-unsaturated/α-hetero) is 1. The zero-order valence-corrected chi connectivity index (χ0v) is 20.9. The number of oxazole rings is 1. The molecule has 1 aromatic heterocycles. The molecule has 2 aromatic carbocycles. The number of ketones is 1. The van der Waals surface area contributed by atoms with Gasteiger partial charge in [0.2, 0.25) is 10.0 Å². The summed E-state index contributed by atoms with van der Waals surface area (Å²) in [5.74, 6) is 0.943. The summed E-state index contributed by atoms with van der Waals surface area (Å²) in [7, 11) is -3.83. The van der Waals surface area contributed by atoms with E-state index in [2.05, 4.69) is 4.98 Å². The van der Waals surface area contributed by atoms with E-state index in [1.165, 1.54) is 23.4 Å². The lowest BCUT2D eigenvalue weighted by Crippen LogP contribution is -2.49. The van der Waals surface area contributed by atoms with E-state index < -0.39 is 21.4 Å². The molecule has 1 aliphatic carbocycles. The SMILES string of the molecule is CC(=O)c1cccc(S(=O)(=O)N2CCC(C(=O)OCc3cnc(C4CC4)o3)(c3ccccc3)CC2)c1. The highest BCUT2D eigenvalue weighted by Gasteiger charge is 2.46. The number of hydrogen-bond donors (Lipinski definition) is 0. The van der Waals surface area contributed by atoms with E-state index in [0.717, 1.165) is 18.4 Å². The van der Waals surface area contributed by atoms with Crippen LogP contribution in [0.5, 0.6) is 0 Å². The molecular formula is C27H28N2O6S. The second-order valence-corrected chi connectivity index (χ2v) is 11.4. The van der Waals surface area contributed by atoms with Crippen LogP contribution < -0.4 is 0 Å². The van der Waals surface area contributed by atoms with Gasteiger partial charge in [0.15, 0.2) is 24.0 Å². The van der Waals surface area contributed by atoms with Crippen LogP contribution in [0.25, 0.3) is 0 Å². The quantitative estimate of drug-likeness (QED) is 0.331. The molecule has 9 heteroatoms. The third-order valence-electron chi connectivity index (χ3n) is 7.01. The molecule has 0 spiro atoms. The number of nitrogens with zero attached hydrogens (tertiary/aromatic N) is 2. The van der Waals surface area contributed by atoms with Gasteiger partial charge >= 0.3 is 5.97 Å². The summed E-state index contributed by atoms with van der Waals surface area (Å²) in [6.45, 7) is 1.67. The number of esters is 1. The monoisotopic (exact) mass is 508 g/mol. The zero-order valence-electron chi connectivity index (χ0n) is 20.1. The molecule has 2 fully saturated rings. The molecule has 0 N–H and O–H groups in total. The molecule has 1 aliphatic heterocycles. The maximum absolute atomic E-state index is 13.5. The lowest BCUT2D eigenvalue weighted by atomic mass is 9.73. The van der Waals surface area contributed by atoms with Crippen molar-refractivity contribution in [1.29, 1.82) is 0 Å². The van der Waals surface area contributed by atoms with E-state index in [1.54, 1.807) is 18.3 Å². The number of carbonyl (C=O) groups excluding carboxylic acids is 2. The predicted molar refractivity (Wildman–Crippen MR) is 131 cm³/mol. The fourth-order valence-corrected chi connectivity index (χ4v) is 6.17. The van der Waals surface area contributed by atoms with Crippen molar-refractivity contribution in [3.8, 4) is 0 Å². The average Bonchev–Trinajstić information content (AvgIpc) is 3.65. The highest BCUT2D eigenvalue weighted by molar-refractivity contribution is 7.89. The van der Waals surface area contributed by atoms with Gasteiger partial charge in [-0.2, -0.15) is 4.31 Å². The first-order valence-electron chi connectivity index (χ1n) is 12.1. The van der Waals surface area contributed by atoms with Crippen molar-refractivity contribution in [1.82, 2.24) is 9.29 Å². The molecule has 0 unspecified atom stereocenters. The average molecular weight is 509 g/mol. The van der Waals surface area contributed by atoms with E-state index in [9.17, 15) is 18.0 Å². The van der Waals surface area contributed by atoms with Gasteiger partial charge in [-0.3, -0.25) is 9.59 Å². The summed E-state index contributed by atoms with van der Waals surface area (Å²) in [5, 5.41) is 0. The Morgan fingerprint density at radius 2 is 1.81 bits per heavy atom. The molecule has 8 nitrogen and oxygen atoms in total. The molecule has 0 bridgehead atoms. The Morgan fingerprint density at radius 1 is 1.08 bits per heavy atom. The minimum atomic E-state index is -3.83. The van der Waals surface area contributed by atoms with Gasteiger partial charge in [0, 0.05) is 24.6 Å². The molecule has 2 aliphatic rings. The highest BCUT2D eigenvalue weighted by Crippen LogP contribution is 2.40. The third-order valence-corrected chi connectivity index (χ3v) is 8.91. The second-order valence-electron chi connectivity index (χ2n) is 9.45. The number of rotatable bonds is 8. The molecule has 2 heterocycles. The lowest BCUT2D eigenvalue weighted by Gasteiger charge is -2.39. The summed E-state index contributed by atoms with van der Waals surface area (Å²) >= 11 is 0.